The minimum atomic E-state index is -0.383. The third kappa shape index (κ3) is 4.70. The number of nitrogens with one attached hydrogen (secondary N) is 1. The number of carbonyl (C=O) groups is 2. The molecule has 2 aliphatic rings. The SMILES string of the molecule is CC(=O)O[C@H]1CO[C@@H](COC(=O)NC2CCCC2)C1. The predicted octanol–water partition coefficient (Wildman–Crippen LogP) is 1.38. The molecule has 1 N–H and O–H groups in total. The lowest BCUT2D eigenvalue weighted by Gasteiger charge is -2.14. The van der Waals surface area contributed by atoms with Crippen molar-refractivity contribution in [1.82, 2.24) is 5.32 Å². The largest absolute Gasteiger partial charge is 0.460 e. The highest BCUT2D eigenvalue weighted by Crippen LogP contribution is 2.19. The summed E-state index contributed by atoms with van der Waals surface area (Å²) in [5.74, 6) is -0.311. The quantitative estimate of drug-likeness (QED) is 0.782. The molecule has 1 saturated carbocycles. The second kappa shape index (κ2) is 6.75. The second-order valence-electron chi connectivity index (χ2n) is 5.15. The highest BCUT2D eigenvalue weighted by Gasteiger charge is 2.29. The van der Waals surface area contributed by atoms with Gasteiger partial charge in [-0.15, -0.1) is 0 Å². The number of hydrogen-bond acceptors (Lipinski definition) is 5. The first kappa shape index (κ1) is 14.1. The fraction of sp³-hybridized carbons (Fsp3) is 0.846. The van der Waals surface area contributed by atoms with E-state index in [1.54, 1.807) is 0 Å². The molecule has 0 aromatic carbocycles. The van der Waals surface area contributed by atoms with Crippen molar-refractivity contribution >= 4 is 12.1 Å². The van der Waals surface area contributed by atoms with Gasteiger partial charge in [-0.05, 0) is 12.8 Å². The van der Waals surface area contributed by atoms with Crippen LogP contribution in [-0.2, 0) is 19.0 Å². The van der Waals surface area contributed by atoms with Crippen LogP contribution in [0, 0.1) is 0 Å². The van der Waals surface area contributed by atoms with Crippen molar-refractivity contribution < 1.29 is 23.8 Å². The van der Waals surface area contributed by atoms with E-state index in [1.807, 2.05) is 0 Å². The van der Waals surface area contributed by atoms with Crippen LogP contribution < -0.4 is 5.32 Å². The summed E-state index contributed by atoms with van der Waals surface area (Å²) in [5, 5.41) is 2.84. The summed E-state index contributed by atoms with van der Waals surface area (Å²) < 4.78 is 15.6. The molecule has 0 spiro atoms. The standard InChI is InChI=1S/C13H21NO5/c1-9(15)19-12-6-11(17-8-12)7-18-13(16)14-10-4-2-3-5-10/h10-12H,2-8H2,1H3,(H,14,16)/t11-,12-/m1/s1. The Balaban J connectivity index is 1.60. The van der Waals surface area contributed by atoms with E-state index in [1.165, 1.54) is 19.8 Å². The van der Waals surface area contributed by atoms with E-state index in [9.17, 15) is 9.59 Å². The minimum absolute atomic E-state index is 0.182. The maximum absolute atomic E-state index is 11.5. The lowest BCUT2D eigenvalue weighted by atomic mass is 10.2. The number of esters is 1. The van der Waals surface area contributed by atoms with Crippen LogP contribution in [-0.4, -0.2) is 43.5 Å². The Morgan fingerprint density at radius 3 is 2.74 bits per heavy atom. The summed E-state index contributed by atoms with van der Waals surface area (Å²) in [5.41, 5.74) is 0. The number of hydrogen-bond donors (Lipinski definition) is 1. The highest BCUT2D eigenvalue weighted by molar-refractivity contribution is 5.67. The zero-order valence-corrected chi connectivity index (χ0v) is 11.2. The van der Waals surface area contributed by atoms with Gasteiger partial charge in [-0.3, -0.25) is 4.79 Å². The second-order valence-corrected chi connectivity index (χ2v) is 5.15. The van der Waals surface area contributed by atoms with E-state index in [2.05, 4.69) is 5.32 Å². The van der Waals surface area contributed by atoms with E-state index in [0.29, 0.717) is 13.0 Å². The van der Waals surface area contributed by atoms with Crippen LogP contribution in [0.2, 0.25) is 0 Å². The molecule has 0 aromatic rings. The van der Waals surface area contributed by atoms with Crippen LogP contribution in [0.4, 0.5) is 4.79 Å². The number of rotatable bonds is 4. The van der Waals surface area contributed by atoms with Gasteiger partial charge in [-0.1, -0.05) is 12.8 Å². The maximum atomic E-state index is 11.5. The van der Waals surface area contributed by atoms with E-state index in [4.69, 9.17) is 14.2 Å². The lowest BCUT2D eigenvalue weighted by molar-refractivity contribution is -0.146. The predicted molar refractivity (Wildman–Crippen MR) is 66.7 cm³/mol. The van der Waals surface area contributed by atoms with Gasteiger partial charge in [-0.25, -0.2) is 4.79 Å². The Morgan fingerprint density at radius 1 is 1.32 bits per heavy atom. The van der Waals surface area contributed by atoms with E-state index < -0.39 is 0 Å². The minimum Gasteiger partial charge on any atom is -0.460 e. The van der Waals surface area contributed by atoms with Crippen LogP contribution in [0.5, 0.6) is 0 Å². The van der Waals surface area contributed by atoms with Gasteiger partial charge in [0, 0.05) is 19.4 Å². The summed E-state index contributed by atoms with van der Waals surface area (Å²) in [6.45, 7) is 1.95. The summed E-state index contributed by atoms with van der Waals surface area (Å²) in [4.78, 5) is 22.3. The molecule has 1 saturated heterocycles. The summed E-state index contributed by atoms with van der Waals surface area (Å²) in [6, 6.07) is 0.255. The number of amides is 1. The molecule has 6 nitrogen and oxygen atoms in total. The fourth-order valence-electron chi connectivity index (χ4n) is 2.55. The first-order chi connectivity index (χ1) is 9.13. The van der Waals surface area contributed by atoms with Crippen molar-refractivity contribution in [3.63, 3.8) is 0 Å². The van der Waals surface area contributed by atoms with Crippen LogP contribution in [0.1, 0.15) is 39.0 Å². The van der Waals surface area contributed by atoms with Gasteiger partial charge < -0.3 is 19.5 Å². The molecule has 1 aliphatic heterocycles. The monoisotopic (exact) mass is 271 g/mol. The van der Waals surface area contributed by atoms with Crippen molar-refractivity contribution in [2.75, 3.05) is 13.2 Å². The van der Waals surface area contributed by atoms with Crippen molar-refractivity contribution in [2.24, 2.45) is 0 Å². The molecule has 6 heteroatoms. The highest BCUT2D eigenvalue weighted by atomic mass is 16.6. The lowest BCUT2D eigenvalue weighted by Crippen LogP contribution is -2.34. The molecule has 2 rings (SSSR count). The molecular formula is C13H21NO5. The van der Waals surface area contributed by atoms with E-state index in [0.717, 1.165) is 12.8 Å². The van der Waals surface area contributed by atoms with Gasteiger partial charge in [-0.2, -0.15) is 0 Å². The Bertz CT molecular complexity index is 327. The van der Waals surface area contributed by atoms with Gasteiger partial charge in [0.05, 0.1) is 12.7 Å². The molecule has 0 radical (unpaired) electrons. The Hall–Kier alpha value is -1.30. The number of carbonyl (C=O) groups excluding carboxylic acids is 2. The number of ether oxygens (including phenoxy) is 3. The van der Waals surface area contributed by atoms with E-state index >= 15 is 0 Å². The molecule has 1 amide bonds. The smallest absolute Gasteiger partial charge is 0.407 e. The van der Waals surface area contributed by atoms with Gasteiger partial charge in [0.2, 0.25) is 0 Å². The molecule has 0 bridgehead atoms. The third-order valence-corrected chi connectivity index (χ3v) is 3.45. The van der Waals surface area contributed by atoms with Crippen molar-refractivity contribution in [1.29, 1.82) is 0 Å². The maximum Gasteiger partial charge on any atom is 0.407 e. The Kier molecular flexibility index (Phi) is 5.01. The average molecular weight is 271 g/mol. The zero-order valence-electron chi connectivity index (χ0n) is 11.2. The topological polar surface area (TPSA) is 73.9 Å². The summed E-state index contributed by atoms with van der Waals surface area (Å²) in [7, 11) is 0. The van der Waals surface area contributed by atoms with Crippen LogP contribution >= 0.6 is 0 Å². The third-order valence-electron chi connectivity index (χ3n) is 3.45. The molecule has 0 unspecified atom stereocenters. The van der Waals surface area contributed by atoms with E-state index in [-0.39, 0.29) is 36.9 Å². The number of alkyl carbamates (subject to hydrolysis) is 1. The summed E-state index contributed by atoms with van der Waals surface area (Å²) >= 11 is 0. The Morgan fingerprint density at radius 2 is 2.05 bits per heavy atom. The average Bonchev–Trinajstić information content (AvgIpc) is 2.97. The molecule has 2 atom stereocenters. The van der Waals surface area contributed by atoms with Gasteiger partial charge in [0.15, 0.2) is 0 Å². The first-order valence-electron chi connectivity index (χ1n) is 6.85. The summed E-state index contributed by atoms with van der Waals surface area (Å²) in [6.07, 6.45) is 4.19. The van der Waals surface area contributed by atoms with Crippen molar-refractivity contribution in [3.8, 4) is 0 Å². The van der Waals surface area contributed by atoms with Gasteiger partial charge >= 0.3 is 12.1 Å². The molecule has 19 heavy (non-hydrogen) atoms. The Labute approximate surface area is 112 Å². The van der Waals surface area contributed by atoms with Crippen molar-refractivity contribution in [3.05, 3.63) is 0 Å². The van der Waals surface area contributed by atoms with Crippen LogP contribution in [0.3, 0.4) is 0 Å². The molecule has 108 valence electrons. The molecular weight excluding hydrogens is 250 g/mol. The van der Waals surface area contributed by atoms with Crippen LogP contribution in [0.25, 0.3) is 0 Å². The van der Waals surface area contributed by atoms with Crippen molar-refractivity contribution in [2.45, 2.75) is 57.3 Å². The fourth-order valence-corrected chi connectivity index (χ4v) is 2.55. The first-order valence-corrected chi connectivity index (χ1v) is 6.85. The zero-order chi connectivity index (χ0) is 13.7. The van der Waals surface area contributed by atoms with Gasteiger partial charge in [0.1, 0.15) is 12.7 Å². The molecule has 1 aliphatic carbocycles. The normalized spacial score (nSPS) is 27.2. The van der Waals surface area contributed by atoms with Crippen LogP contribution in [0.15, 0.2) is 0 Å². The molecule has 0 aromatic heterocycles. The molecule has 2 fully saturated rings. The van der Waals surface area contributed by atoms with Gasteiger partial charge in [0.25, 0.3) is 0 Å². The molecule has 1 heterocycles.